The number of rotatable bonds is 7. The summed E-state index contributed by atoms with van der Waals surface area (Å²) in [4.78, 5) is 27.0. The topological polar surface area (TPSA) is 49.4 Å². The third kappa shape index (κ3) is 5.33. The first-order valence-electron chi connectivity index (χ1n) is 8.75. The summed E-state index contributed by atoms with van der Waals surface area (Å²) < 4.78 is 0. The molecule has 0 bridgehead atoms. The van der Waals surface area contributed by atoms with Crippen LogP contribution in [-0.2, 0) is 22.6 Å². The Morgan fingerprint density at radius 3 is 2.38 bits per heavy atom. The van der Waals surface area contributed by atoms with Gasteiger partial charge in [-0.2, -0.15) is 0 Å². The summed E-state index contributed by atoms with van der Waals surface area (Å²) >= 11 is 5.95. The van der Waals surface area contributed by atoms with Crippen molar-refractivity contribution < 1.29 is 9.59 Å². The predicted octanol–water partition coefficient (Wildman–Crippen LogP) is 3.74. The number of halogens is 1. The van der Waals surface area contributed by atoms with Crippen LogP contribution in [0.3, 0.4) is 0 Å². The zero-order valence-electron chi connectivity index (χ0n) is 15.5. The maximum atomic E-state index is 13.0. The fourth-order valence-electron chi connectivity index (χ4n) is 2.97. The maximum Gasteiger partial charge on any atom is 0.242 e. The molecular formula is C21H25ClN2O2. The van der Waals surface area contributed by atoms with E-state index in [1.807, 2.05) is 50.2 Å². The van der Waals surface area contributed by atoms with Gasteiger partial charge in [0.25, 0.3) is 0 Å². The van der Waals surface area contributed by atoms with Gasteiger partial charge < -0.3 is 10.2 Å². The Labute approximate surface area is 160 Å². The molecule has 4 nitrogen and oxygen atoms in total. The molecule has 0 radical (unpaired) electrons. The van der Waals surface area contributed by atoms with Gasteiger partial charge in [-0.1, -0.05) is 60.5 Å². The molecule has 0 aliphatic carbocycles. The highest BCUT2D eigenvalue weighted by Gasteiger charge is 2.27. The molecule has 1 atom stereocenters. The van der Waals surface area contributed by atoms with E-state index in [1.165, 1.54) is 0 Å². The van der Waals surface area contributed by atoms with Crippen molar-refractivity contribution in [2.75, 3.05) is 7.05 Å². The van der Waals surface area contributed by atoms with Crippen LogP contribution < -0.4 is 5.32 Å². The van der Waals surface area contributed by atoms with Crippen molar-refractivity contribution in [3.05, 3.63) is 70.2 Å². The Bertz CT molecular complexity index is 759. The summed E-state index contributed by atoms with van der Waals surface area (Å²) in [6, 6.07) is 14.7. The summed E-state index contributed by atoms with van der Waals surface area (Å²) in [5.41, 5.74) is 3.00. The van der Waals surface area contributed by atoms with Gasteiger partial charge in [0.05, 0.1) is 6.42 Å². The predicted molar refractivity (Wildman–Crippen MR) is 105 cm³/mol. The zero-order chi connectivity index (χ0) is 19.1. The van der Waals surface area contributed by atoms with Gasteiger partial charge in [0.1, 0.15) is 6.04 Å². The highest BCUT2D eigenvalue weighted by molar-refractivity contribution is 6.30. The van der Waals surface area contributed by atoms with Crippen LogP contribution in [0, 0.1) is 6.92 Å². The molecule has 138 valence electrons. The van der Waals surface area contributed by atoms with Crippen molar-refractivity contribution in [1.82, 2.24) is 10.2 Å². The molecule has 0 spiro atoms. The molecular weight excluding hydrogens is 348 g/mol. The normalized spacial score (nSPS) is 11.7. The lowest BCUT2D eigenvalue weighted by Gasteiger charge is -2.30. The second kappa shape index (κ2) is 9.39. The Morgan fingerprint density at radius 1 is 1.12 bits per heavy atom. The second-order valence-electron chi connectivity index (χ2n) is 6.35. The number of nitrogens with one attached hydrogen (secondary N) is 1. The molecule has 0 fully saturated rings. The SMILES string of the molecule is CC[C@H](C(=O)NC)N(Cc1ccc(Cl)cc1)C(=O)Cc1cccc(C)c1. The van der Waals surface area contributed by atoms with Crippen molar-refractivity contribution >= 4 is 23.4 Å². The van der Waals surface area contributed by atoms with E-state index in [0.717, 1.165) is 16.7 Å². The van der Waals surface area contributed by atoms with Crippen LogP contribution in [0.4, 0.5) is 0 Å². The zero-order valence-corrected chi connectivity index (χ0v) is 16.2. The van der Waals surface area contributed by atoms with E-state index in [2.05, 4.69) is 5.32 Å². The van der Waals surface area contributed by atoms with Crippen molar-refractivity contribution in [3.8, 4) is 0 Å². The molecule has 0 aliphatic rings. The van der Waals surface area contributed by atoms with Gasteiger partial charge >= 0.3 is 0 Å². The van der Waals surface area contributed by atoms with Crippen molar-refractivity contribution in [1.29, 1.82) is 0 Å². The summed E-state index contributed by atoms with van der Waals surface area (Å²) in [6.45, 7) is 4.28. The molecule has 0 saturated heterocycles. The van der Waals surface area contributed by atoms with E-state index in [9.17, 15) is 9.59 Å². The van der Waals surface area contributed by atoms with Crippen molar-refractivity contribution in [2.45, 2.75) is 39.3 Å². The Hall–Kier alpha value is -2.33. The van der Waals surface area contributed by atoms with E-state index in [-0.39, 0.29) is 18.2 Å². The van der Waals surface area contributed by atoms with Gasteiger partial charge in [0.15, 0.2) is 0 Å². The van der Waals surface area contributed by atoms with Crippen molar-refractivity contribution in [3.63, 3.8) is 0 Å². The molecule has 5 heteroatoms. The molecule has 26 heavy (non-hydrogen) atoms. The first kappa shape index (κ1) is 20.0. The summed E-state index contributed by atoms with van der Waals surface area (Å²) in [5.74, 6) is -0.222. The van der Waals surface area contributed by atoms with Gasteiger partial charge in [0, 0.05) is 18.6 Å². The standard InChI is InChI=1S/C21H25ClN2O2/c1-4-19(21(26)23-3)24(14-16-8-10-18(22)11-9-16)20(25)13-17-7-5-6-15(2)12-17/h5-12,19H,4,13-14H2,1-3H3,(H,23,26)/t19-/m1/s1. The lowest BCUT2D eigenvalue weighted by molar-refractivity contribution is -0.140. The number of carbonyl (C=O) groups excluding carboxylic acids is 2. The number of benzene rings is 2. The third-order valence-electron chi connectivity index (χ3n) is 4.34. The number of amides is 2. The lowest BCUT2D eigenvalue weighted by atomic mass is 10.1. The highest BCUT2D eigenvalue weighted by atomic mass is 35.5. The van der Waals surface area contributed by atoms with E-state index >= 15 is 0 Å². The Balaban J connectivity index is 2.27. The quantitative estimate of drug-likeness (QED) is 0.804. The second-order valence-corrected chi connectivity index (χ2v) is 6.79. The Kier molecular flexibility index (Phi) is 7.22. The van der Waals surface area contributed by atoms with E-state index in [0.29, 0.717) is 18.0 Å². The van der Waals surface area contributed by atoms with Crippen LogP contribution in [0.1, 0.15) is 30.0 Å². The summed E-state index contributed by atoms with van der Waals surface area (Å²) in [5, 5.41) is 3.31. The number of likely N-dealkylation sites (N-methyl/N-ethyl adjacent to an activating group) is 1. The molecule has 0 unspecified atom stereocenters. The van der Waals surface area contributed by atoms with Crippen LogP contribution in [0.5, 0.6) is 0 Å². The van der Waals surface area contributed by atoms with Gasteiger partial charge in [-0.05, 0) is 36.6 Å². The fourth-order valence-corrected chi connectivity index (χ4v) is 3.10. The van der Waals surface area contributed by atoms with Gasteiger partial charge in [-0.3, -0.25) is 9.59 Å². The van der Waals surface area contributed by atoms with Gasteiger partial charge in [0.2, 0.25) is 11.8 Å². The molecule has 0 aromatic heterocycles. The average Bonchev–Trinajstić information content (AvgIpc) is 2.62. The third-order valence-corrected chi connectivity index (χ3v) is 4.59. The van der Waals surface area contributed by atoms with Crippen molar-refractivity contribution in [2.24, 2.45) is 0 Å². The largest absolute Gasteiger partial charge is 0.357 e. The number of hydrogen-bond donors (Lipinski definition) is 1. The molecule has 0 saturated carbocycles. The number of nitrogens with zero attached hydrogens (tertiary/aromatic N) is 1. The highest BCUT2D eigenvalue weighted by Crippen LogP contribution is 2.17. The average molecular weight is 373 g/mol. The summed E-state index contributed by atoms with van der Waals surface area (Å²) in [7, 11) is 1.59. The van der Waals surface area contributed by atoms with Crippen LogP contribution in [0.15, 0.2) is 48.5 Å². The van der Waals surface area contributed by atoms with Gasteiger partial charge in [-0.25, -0.2) is 0 Å². The van der Waals surface area contributed by atoms with Gasteiger partial charge in [-0.15, -0.1) is 0 Å². The van der Waals surface area contributed by atoms with E-state index < -0.39 is 6.04 Å². The minimum atomic E-state index is -0.506. The minimum absolute atomic E-state index is 0.0685. The van der Waals surface area contributed by atoms with E-state index in [4.69, 9.17) is 11.6 Å². The molecule has 2 aromatic carbocycles. The first-order chi connectivity index (χ1) is 12.4. The van der Waals surface area contributed by atoms with E-state index in [1.54, 1.807) is 24.1 Å². The Morgan fingerprint density at radius 2 is 1.81 bits per heavy atom. The fraction of sp³-hybridized carbons (Fsp3) is 0.333. The minimum Gasteiger partial charge on any atom is -0.357 e. The number of hydrogen-bond acceptors (Lipinski definition) is 2. The number of carbonyl (C=O) groups is 2. The molecule has 1 N–H and O–H groups in total. The molecule has 0 heterocycles. The molecule has 0 aliphatic heterocycles. The first-order valence-corrected chi connectivity index (χ1v) is 9.13. The molecule has 2 aromatic rings. The van der Waals surface area contributed by atoms with Crippen LogP contribution in [0.2, 0.25) is 5.02 Å². The summed E-state index contributed by atoms with van der Waals surface area (Å²) in [6.07, 6.45) is 0.815. The maximum absolute atomic E-state index is 13.0. The molecule has 2 rings (SSSR count). The lowest BCUT2D eigenvalue weighted by Crippen LogP contribution is -2.48. The van der Waals surface area contributed by atoms with Crippen LogP contribution in [0.25, 0.3) is 0 Å². The monoisotopic (exact) mass is 372 g/mol. The smallest absolute Gasteiger partial charge is 0.242 e. The van der Waals surface area contributed by atoms with Crippen LogP contribution >= 0.6 is 11.6 Å². The van der Waals surface area contributed by atoms with Crippen LogP contribution in [-0.4, -0.2) is 29.8 Å². The number of aryl methyl sites for hydroxylation is 1. The molecule has 2 amide bonds.